The zero-order valence-electron chi connectivity index (χ0n) is 14.5. The molecule has 2 aliphatic rings. The maximum Gasteiger partial charge on any atom is 0.312 e. The van der Waals surface area contributed by atoms with Crippen LogP contribution >= 0.6 is 0 Å². The Labute approximate surface area is 144 Å². The SMILES string of the molecule is Cc1cccc(N2CCN(C(=O)C(=O)N3CCCCCC3)CC2)c1. The van der Waals surface area contributed by atoms with Crippen LogP contribution < -0.4 is 4.90 Å². The Kier molecular flexibility index (Phi) is 5.38. The average Bonchev–Trinajstić information content (AvgIpc) is 2.90. The third-order valence-corrected chi connectivity index (χ3v) is 5.01. The molecule has 3 rings (SSSR count). The van der Waals surface area contributed by atoms with E-state index in [0.717, 1.165) is 51.9 Å². The highest BCUT2D eigenvalue weighted by molar-refractivity contribution is 6.34. The fraction of sp³-hybridized carbons (Fsp3) is 0.579. The quantitative estimate of drug-likeness (QED) is 0.741. The van der Waals surface area contributed by atoms with E-state index in [9.17, 15) is 9.59 Å². The second-order valence-electron chi connectivity index (χ2n) is 6.82. The highest BCUT2D eigenvalue weighted by Crippen LogP contribution is 2.18. The minimum absolute atomic E-state index is 0.305. The van der Waals surface area contributed by atoms with E-state index in [4.69, 9.17) is 0 Å². The van der Waals surface area contributed by atoms with E-state index in [1.165, 1.54) is 11.3 Å². The Morgan fingerprint density at radius 3 is 1.96 bits per heavy atom. The van der Waals surface area contributed by atoms with Crippen molar-refractivity contribution in [3.63, 3.8) is 0 Å². The fourth-order valence-electron chi connectivity index (χ4n) is 3.54. The molecule has 0 saturated carbocycles. The number of anilines is 1. The van der Waals surface area contributed by atoms with Crippen LogP contribution in [0.3, 0.4) is 0 Å². The van der Waals surface area contributed by atoms with Crippen LogP contribution in [0.2, 0.25) is 0 Å². The highest BCUT2D eigenvalue weighted by Gasteiger charge is 2.29. The van der Waals surface area contributed by atoms with Gasteiger partial charge in [0, 0.05) is 45.0 Å². The number of carbonyl (C=O) groups excluding carboxylic acids is 2. The Hall–Kier alpha value is -2.04. The summed E-state index contributed by atoms with van der Waals surface area (Å²) in [5.74, 6) is -0.623. The molecule has 5 nitrogen and oxygen atoms in total. The molecule has 2 aliphatic heterocycles. The van der Waals surface area contributed by atoms with E-state index < -0.39 is 0 Å². The van der Waals surface area contributed by atoms with Gasteiger partial charge in [-0.3, -0.25) is 9.59 Å². The van der Waals surface area contributed by atoms with E-state index in [1.807, 2.05) is 0 Å². The molecule has 0 spiro atoms. The molecule has 0 N–H and O–H groups in total. The molecule has 0 radical (unpaired) electrons. The Bertz CT molecular complexity index is 586. The van der Waals surface area contributed by atoms with Crippen molar-refractivity contribution in [1.29, 1.82) is 0 Å². The molecule has 2 heterocycles. The predicted octanol–water partition coefficient (Wildman–Crippen LogP) is 2.05. The third kappa shape index (κ3) is 3.89. The number of nitrogens with zero attached hydrogens (tertiary/aromatic N) is 3. The monoisotopic (exact) mass is 329 g/mol. The second-order valence-corrected chi connectivity index (χ2v) is 6.82. The van der Waals surface area contributed by atoms with Crippen LogP contribution in [0.25, 0.3) is 0 Å². The molecular formula is C19H27N3O2. The minimum Gasteiger partial charge on any atom is -0.368 e. The molecule has 0 aromatic heterocycles. The van der Waals surface area contributed by atoms with Gasteiger partial charge in [0.1, 0.15) is 0 Å². The molecule has 5 heteroatoms. The van der Waals surface area contributed by atoms with Gasteiger partial charge in [0.2, 0.25) is 0 Å². The molecule has 0 bridgehead atoms. The molecule has 2 fully saturated rings. The van der Waals surface area contributed by atoms with E-state index in [1.54, 1.807) is 9.80 Å². The van der Waals surface area contributed by atoms with Gasteiger partial charge in [0.25, 0.3) is 0 Å². The number of hydrogen-bond acceptors (Lipinski definition) is 3. The Balaban J connectivity index is 1.55. The van der Waals surface area contributed by atoms with Crippen molar-refractivity contribution in [2.45, 2.75) is 32.6 Å². The number of amides is 2. The third-order valence-electron chi connectivity index (χ3n) is 5.01. The van der Waals surface area contributed by atoms with Crippen LogP contribution in [0.1, 0.15) is 31.2 Å². The van der Waals surface area contributed by atoms with Crippen LogP contribution in [0, 0.1) is 6.92 Å². The van der Waals surface area contributed by atoms with Crippen molar-refractivity contribution in [1.82, 2.24) is 9.80 Å². The lowest BCUT2D eigenvalue weighted by molar-refractivity contribution is -0.152. The van der Waals surface area contributed by atoms with Gasteiger partial charge < -0.3 is 14.7 Å². The van der Waals surface area contributed by atoms with Crippen LogP contribution in [0.4, 0.5) is 5.69 Å². The van der Waals surface area contributed by atoms with Gasteiger partial charge in [-0.15, -0.1) is 0 Å². The van der Waals surface area contributed by atoms with Gasteiger partial charge in [-0.05, 0) is 37.5 Å². The number of aryl methyl sites for hydroxylation is 1. The van der Waals surface area contributed by atoms with Crippen molar-refractivity contribution >= 4 is 17.5 Å². The summed E-state index contributed by atoms with van der Waals surface area (Å²) in [5, 5.41) is 0. The van der Waals surface area contributed by atoms with Gasteiger partial charge in [-0.1, -0.05) is 25.0 Å². The predicted molar refractivity (Wildman–Crippen MR) is 95.0 cm³/mol. The van der Waals surface area contributed by atoms with Gasteiger partial charge in [0.05, 0.1) is 0 Å². The standard InChI is InChI=1S/C19H27N3O2/c1-16-7-6-8-17(15-16)20-11-13-22(14-12-20)19(24)18(23)21-9-4-2-3-5-10-21/h6-8,15H,2-5,9-14H2,1H3. The summed E-state index contributed by atoms with van der Waals surface area (Å²) in [6, 6.07) is 8.42. The molecule has 0 atom stereocenters. The van der Waals surface area contributed by atoms with Crippen LogP contribution in [0.15, 0.2) is 24.3 Å². The van der Waals surface area contributed by atoms with Gasteiger partial charge in [-0.2, -0.15) is 0 Å². The smallest absolute Gasteiger partial charge is 0.312 e. The van der Waals surface area contributed by atoms with Crippen molar-refractivity contribution in [2.75, 3.05) is 44.2 Å². The molecule has 0 aliphatic carbocycles. The van der Waals surface area contributed by atoms with Crippen LogP contribution in [-0.4, -0.2) is 60.9 Å². The van der Waals surface area contributed by atoms with Gasteiger partial charge >= 0.3 is 11.8 Å². The summed E-state index contributed by atoms with van der Waals surface area (Å²) in [5.41, 5.74) is 2.43. The number of hydrogen-bond donors (Lipinski definition) is 0. The van der Waals surface area contributed by atoms with Crippen LogP contribution in [-0.2, 0) is 9.59 Å². The number of carbonyl (C=O) groups is 2. The fourth-order valence-corrected chi connectivity index (χ4v) is 3.54. The maximum absolute atomic E-state index is 12.5. The number of rotatable bonds is 1. The molecule has 2 saturated heterocycles. The van der Waals surface area contributed by atoms with E-state index in [2.05, 4.69) is 36.1 Å². The first-order valence-electron chi connectivity index (χ1n) is 9.05. The van der Waals surface area contributed by atoms with Crippen molar-refractivity contribution in [2.24, 2.45) is 0 Å². The summed E-state index contributed by atoms with van der Waals surface area (Å²) in [6.07, 6.45) is 4.35. The normalized spacial score (nSPS) is 19.1. The zero-order valence-corrected chi connectivity index (χ0v) is 14.5. The summed E-state index contributed by atoms with van der Waals surface area (Å²) in [7, 11) is 0. The molecule has 24 heavy (non-hydrogen) atoms. The second kappa shape index (κ2) is 7.69. The van der Waals surface area contributed by atoms with Crippen molar-refractivity contribution in [3.8, 4) is 0 Å². The molecule has 1 aromatic rings. The van der Waals surface area contributed by atoms with Crippen molar-refractivity contribution in [3.05, 3.63) is 29.8 Å². The first-order valence-corrected chi connectivity index (χ1v) is 9.05. The van der Waals surface area contributed by atoms with Crippen molar-refractivity contribution < 1.29 is 9.59 Å². The lowest BCUT2D eigenvalue weighted by Gasteiger charge is -2.36. The molecule has 2 amide bonds. The average molecular weight is 329 g/mol. The molecular weight excluding hydrogens is 302 g/mol. The topological polar surface area (TPSA) is 43.9 Å². The Morgan fingerprint density at radius 2 is 1.38 bits per heavy atom. The van der Waals surface area contributed by atoms with Crippen LogP contribution in [0.5, 0.6) is 0 Å². The highest BCUT2D eigenvalue weighted by atomic mass is 16.2. The first kappa shape index (κ1) is 16.8. The zero-order chi connectivity index (χ0) is 16.9. The number of benzene rings is 1. The largest absolute Gasteiger partial charge is 0.368 e. The molecule has 0 unspecified atom stereocenters. The number of piperazine rings is 1. The summed E-state index contributed by atoms with van der Waals surface area (Å²) < 4.78 is 0. The van der Waals surface area contributed by atoms with Gasteiger partial charge in [-0.25, -0.2) is 0 Å². The summed E-state index contributed by atoms with van der Waals surface area (Å²) in [6.45, 7) is 6.34. The van der Waals surface area contributed by atoms with E-state index >= 15 is 0 Å². The molecule has 130 valence electrons. The minimum atomic E-state index is -0.319. The van der Waals surface area contributed by atoms with E-state index in [-0.39, 0.29) is 11.8 Å². The first-order chi connectivity index (χ1) is 11.6. The van der Waals surface area contributed by atoms with Gasteiger partial charge in [0.15, 0.2) is 0 Å². The molecule has 1 aromatic carbocycles. The summed E-state index contributed by atoms with van der Waals surface area (Å²) >= 11 is 0. The number of likely N-dealkylation sites (tertiary alicyclic amines) is 1. The lowest BCUT2D eigenvalue weighted by atomic mass is 10.2. The lowest BCUT2D eigenvalue weighted by Crippen LogP contribution is -2.53. The maximum atomic E-state index is 12.5. The Morgan fingerprint density at radius 1 is 0.792 bits per heavy atom. The van der Waals surface area contributed by atoms with E-state index in [0.29, 0.717) is 13.1 Å². The summed E-state index contributed by atoms with van der Waals surface area (Å²) in [4.78, 5) is 30.7.